The highest BCUT2D eigenvalue weighted by molar-refractivity contribution is 7.84. The van der Waals surface area contributed by atoms with Crippen LogP contribution < -0.4 is 5.14 Å². The lowest BCUT2D eigenvalue weighted by Gasteiger charge is -2.25. The standard InChI is InChI=1S/C13H18N2OS2/c1-9(7-13(2,3)18(14)16)10-4-5-11-12(6-10)17-8-15-11/h4-6,8-9H,7,14H2,1-3H3. The smallest absolute Gasteiger partial charge is 0.0945 e. The van der Waals surface area contributed by atoms with Crippen molar-refractivity contribution in [2.24, 2.45) is 5.14 Å². The molecule has 0 saturated heterocycles. The SMILES string of the molecule is CC(CC(C)(C)S(N)=O)c1ccc2ncsc2c1. The molecule has 0 aliphatic heterocycles. The molecule has 0 aliphatic carbocycles. The van der Waals surface area contributed by atoms with E-state index in [9.17, 15) is 4.21 Å². The molecule has 0 fully saturated rings. The zero-order chi connectivity index (χ0) is 13.3. The van der Waals surface area contributed by atoms with E-state index in [1.54, 1.807) is 11.3 Å². The molecule has 0 radical (unpaired) electrons. The number of fused-ring (bicyclic) bond motifs is 1. The molecular formula is C13H18N2OS2. The molecule has 2 atom stereocenters. The zero-order valence-electron chi connectivity index (χ0n) is 10.8. The van der Waals surface area contributed by atoms with E-state index in [4.69, 9.17) is 5.14 Å². The van der Waals surface area contributed by atoms with Crippen molar-refractivity contribution >= 4 is 32.5 Å². The maximum atomic E-state index is 11.5. The molecule has 2 aromatic rings. The van der Waals surface area contributed by atoms with Gasteiger partial charge in [-0.2, -0.15) is 0 Å². The van der Waals surface area contributed by atoms with Gasteiger partial charge in [-0.1, -0.05) is 13.0 Å². The van der Waals surface area contributed by atoms with E-state index in [2.05, 4.69) is 24.0 Å². The van der Waals surface area contributed by atoms with Gasteiger partial charge in [-0.3, -0.25) is 5.14 Å². The summed E-state index contributed by atoms with van der Waals surface area (Å²) in [6, 6.07) is 6.32. The third-order valence-corrected chi connectivity index (χ3v) is 5.31. The molecule has 0 amide bonds. The van der Waals surface area contributed by atoms with E-state index in [1.165, 1.54) is 10.3 Å². The normalized spacial score (nSPS) is 15.8. The zero-order valence-corrected chi connectivity index (χ0v) is 12.5. The van der Waals surface area contributed by atoms with Crippen molar-refractivity contribution in [3.05, 3.63) is 29.3 Å². The number of hydrogen-bond acceptors (Lipinski definition) is 3. The molecule has 5 heteroatoms. The molecule has 1 heterocycles. The summed E-state index contributed by atoms with van der Waals surface area (Å²) in [7, 11) is -1.30. The van der Waals surface area contributed by atoms with Gasteiger partial charge in [0.15, 0.2) is 0 Å². The molecule has 3 nitrogen and oxygen atoms in total. The fourth-order valence-corrected chi connectivity index (χ4v) is 3.26. The lowest BCUT2D eigenvalue weighted by molar-refractivity contribution is 0.541. The second-order valence-electron chi connectivity index (χ2n) is 5.24. The Bertz CT molecular complexity index is 577. The fourth-order valence-electron chi connectivity index (χ4n) is 2.12. The summed E-state index contributed by atoms with van der Waals surface area (Å²) in [4.78, 5) is 4.27. The maximum absolute atomic E-state index is 11.5. The lowest BCUT2D eigenvalue weighted by atomic mass is 9.91. The van der Waals surface area contributed by atoms with Crippen LogP contribution in [0.25, 0.3) is 10.2 Å². The highest BCUT2D eigenvalue weighted by atomic mass is 32.2. The van der Waals surface area contributed by atoms with Gasteiger partial charge < -0.3 is 0 Å². The molecule has 0 spiro atoms. The number of rotatable bonds is 4. The van der Waals surface area contributed by atoms with Gasteiger partial charge in [-0.15, -0.1) is 11.3 Å². The number of hydrogen-bond donors (Lipinski definition) is 1. The largest absolute Gasteiger partial charge is 0.251 e. The number of aromatic nitrogens is 1. The van der Waals surface area contributed by atoms with Crippen LogP contribution in [0.1, 0.15) is 38.7 Å². The summed E-state index contributed by atoms with van der Waals surface area (Å²) in [6.07, 6.45) is 0.806. The summed E-state index contributed by atoms with van der Waals surface area (Å²) in [5, 5.41) is 5.53. The first-order valence-corrected chi connectivity index (χ1v) is 7.99. The molecular weight excluding hydrogens is 264 g/mol. The van der Waals surface area contributed by atoms with E-state index < -0.39 is 11.0 Å². The Hall–Kier alpha value is -0.780. The summed E-state index contributed by atoms with van der Waals surface area (Å²) in [6.45, 7) is 6.05. The van der Waals surface area contributed by atoms with Gasteiger partial charge >= 0.3 is 0 Å². The van der Waals surface area contributed by atoms with Gasteiger partial charge in [0, 0.05) is 0 Å². The average Bonchev–Trinajstić information content (AvgIpc) is 2.74. The second kappa shape index (κ2) is 5.07. The summed E-state index contributed by atoms with van der Waals surface area (Å²) >= 11 is 1.65. The minimum Gasteiger partial charge on any atom is -0.251 e. The van der Waals surface area contributed by atoms with Gasteiger partial charge in [0.05, 0.1) is 31.5 Å². The topological polar surface area (TPSA) is 56.0 Å². The van der Waals surface area contributed by atoms with E-state index in [1.807, 2.05) is 25.4 Å². The van der Waals surface area contributed by atoms with Crippen molar-refractivity contribution in [1.82, 2.24) is 4.98 Å². The van der Waals surface area contributed by atoms with Crippen molar-refractivity contribution in [3.63, 3.8) is 0 Å². The van der Waals surface area contributed by atoms with Crippen LogP contribution in [0.4, 0.5) is 0 Å². The first kappa shape index (κ1) is 13.6. The molecule has 0 aliphatic rings. The molecule has 2 rings (SSSR count). The van der Waals surface area contributed by atoms with Crippen LogP contribution in [-0.2, 0) is 11.0 Å². The highest BCUT2D eigenvalue weighted by Crippen LogP contribution is 2.30. The lowest BCUT2D eigenvalue weighted by Crippen LogP contribution is -2.33. The summed E-state index contributed by atoms with van der Waals surface area (Å²) in [5.74, 6) is 0.332. The third kappa shape index (κ3) is 2.79. The Morgan fingerprint density at radius 3 is 2.89 bits per heavy atom. The maximum Gasteiger partial charge on any atom is 0.0945 e. The fraction of sp³-hybridized carbons (Fsp3) is 0.462. The molecule has 98 valence electrons. The average molecular weight is 282 g/mol. The number of nitrogens with zero attached hydrogens (tertiary/aromatic N) is 1. The predicted molar refractivity (Wildman–Crippen MR) is 79.1 cm³/mol. The van der Waals surface area contributed by atoms with Crippen molar-refractivity contribution in [1.29, 1.82) is 0 Å². The van der Waals surface area contributed by atoms with Crippen molar-refractivity contribution in [2.45, 2.75) is 37.9 Å². The van der Waals surface area contributed by atoms with E-state index in [0.717, 1.165) is 11.9 Å². The van der Waals surface area contributed by atoms with Crippen LogP contribution in [-0.4, -0.2) is 13.9 Å². The van der Waals surface area contributed by atoms with Gasteiger partial charge in [-0.25, -0.2) is 9.19 Å². The van der Waals surface area contributed by atoms with Crippen molar-refractivity contribution in [2.75, 3.05) is 0 Å². The Balaban J connectivity index is 2.22. The minimum atomic E-state index is -1.30. The van der Waals surface area contributed by atoms with Crippen LogP contribution in [0.5, 0.6) is 0 Å². The summed E-state index contributed by atoms with van der Waals surface area (Å²) in [5.41, 5.74) is 4.15. The predicted octanol–water partition coefficient (Wildman–Crippen LogP) is 3.19. The first-order valence-electron chi connectivity index (χ1n) is 5.89. The quantitative estimate of drug-likeness (QED) is 0.936. The number of thiazole rings is 1. The molecule has 0 bridgehead atoms. The number of nitrogens with two attached hydrogens (primary N) is 1. The Morgan fingerprint density at radius 2 is 2.22 bits per heavy atom. The van der Waals surface area contributed by atoms with Crippen LogP contribution >= 0.6 is 11.3 Å². The van der Waals surface area contributed by atoms with Gasteiger partial charge in [0.2, 0.25) is 0 Å². The Kier molecular flexibility index (Phi) is 3.84. The van der Waals surface area contributed by atoms with Gasteiger partial charge in [0.25, 0.3) is 0 Å². The van der Waals surface area contributed by atoms with Crippen molar-refractivity contribution < 1.29 is 4.21 Å². The monoisotopic (exact) mass is 282 g/mol. The Morgan fingerprint density at radius 1 is 1.50 bits per heavy atom. The molecule has 2 N–H and O–H groups in total. The van der Waals surface area contributed by atoms with E-state index >= 15 is 0 Å². The minimum absolute atomic E-state index is 0.332. The summed E-state index contributed by atoms with van der Waals surface area (Å²) < 4.78 is 12.3. The van der Waals surface area contributed by atoms with Crippen LogP contribution in [0.3, 0.4) is 0 Å². The highest BCUT2D eigenvalue weighted by Gasteiger charge is 2.26. The van der Waals surface area contributed by atoms with Gasteiger partial charge in [0.1, 0.15) is 0 Å². The second-order valence-corrected chi connectivity index (χ2v) is 7.83. The van der Waals surface area contributed by atoms with Crippen molar-refractivity contribution in [3.8, 4) is 0 Å². The molecule has 2 unspecified atom stereocenters. The molecule has 18 heavy (non-hydrogen) atoms. The van der Waals surface area contributed by atoms with Crippen LogP contribution in [0, 0.1) is 0 Å². The number of benzene rings is 1. The molecule has 1 aromatic carbocycles. The Labute approximate surface area is 114 Å². The van der Waals surface area contributed by atoms with Crippen LogP contribution in [0.15, 0.2) is 23.7 Å². The van der Waals surface area contributed by atoms with E-state index in [-0.39, 0.29) is 4.75 Å². The molecule has 0 saturated carbocycles. The van der Waals surface area contributed by atoms with Crippen LogP contribution in [0.2, 0.25) is 0 Å². The first-order chi connectivity index (χ1) is 8.40. The van der Waals surface area contributed by atoms with E-state index in [0.29, 0.717) is 5.92 Å². The molecule has 1 aromatic heterocycles. The van der Waals surface area contributed by atoms with Gasteiger partial charge in [-0.05, 0) is 43.9 Å². The third-order valence-electron chi connectivity index (χ3n) is 3.27.